The number of methoxy groups -OCH3 is 1. The van der Waals surface area contributed by atoms with Gasteiger partial charge >= 0.3 is 0 Å². The van der Waals surface area contributed by atoms with Gasteiger partial charge in [-0.3, -0.25) is 0 Å². The predicted molar refractivity (Wildman–Crippen MR) is 64.2 cm³/mol. The molecule has 0 saturated heterocycles. The smallest absolute Gasteiger partial charge is 0.126 e. The highest BCUT2D eigenvalue weighted by Gasteiger charge is 2.14. The summed E-state index contributed by atoms with van der Waals surface area (Å²) in [5.74, 6) is 1.84. The Kier molecular flexibility index (Phi) is 4.62. The first-order valence-electron chi connectivity index (χ1n) is 5.58. The van der Waals surface area contributed by atoms with E-state index >= 15 is 0 Å². The zero-order valence-electron chi connectivity index (χ0n) is 10.4. The van der Waals surface area contributed by atoms with Crippen LogP contribution in [0.2, 0.25) is 0 Å². The van der Waals surface area contributed by atoms with E-state index in [-0.39, 0.29) is 6.61 Å². The lowest BCUT2D eigenvalue weighted by atomic mass is 9.96. The molecule has 0 aliphatic rings. The van der Waals surface area contributed by atoms with Crippen LogP contribution in [0.15, 0.2) is 12.1 Å². The molecule has 0 aliphatic heterocycles. The van der Waals surface area contributed by atoms with Crippen molar-refractivity contribution in [2.75, 3.05) is 13.7 Å². The van der Waals surface area contributed by atoms with Crippen LogP contribution in [-0.2, 0) is 6.61 Å². The van der Waals surface area contributed by atoms with E-state index in [2.05, 4.69) is 13.8 Å². The first-order valence-corrected chi connectivity index (χ1v) is 5.58. The fourth-order valence-corrected chi connectivity index (χ4v) is 1.86. The Hall–Kier alpha value is -1.22. The standard InChI is InChI=1S/C13H20O3/c1-5-16-11-6-10(8-14)13(9(2)3)12(7-11)15-4/h6-7,9,14H,5,8H2,1-4H3. The number of aliphatic hydroxyl groups excluding tert-OH is 1. The maximum atomic E-state index is 9.37. The number of ether oxygens (including phenoxy) is 2. The number of benzene rings is 1. The SMILES string of the molecule is CCOc1cc(CO)c(C(C)C)c(OC)c1. The number of rotatable bonds is 5. The molecule has 0 aromatic heterocycles. The lowest BCUT2D eigenvalue weighted by molar-refractivity contribution is 0.276. The van der Waals surface area contributed by atoms with Crippen molar-refractivity contribution in [2.45, 2.75) is 33.3 Å². The highest BCUT2D eigenvalue weighted by atomic mass is 16.5. The summed E-state index contributed by atoms with van der Waals surface area (Å²) >= 11 is 0. The number of hydrogen-bond donors (Lipinski definition) is 1. The van der Waals surface area contributed by atoms with E-state index in [4.69, 9.17) is 9.47 Å². The van der Waals surface area contributed by atoms with Crippen molar-refractivity contribution < 1.29 is 14.6 Å². The Morgan fingerprint density at radius 3 is 2.44 bits per heavy atom. The van der Waals surface area contributed by atoms with E-state index in [1.54, 1.807) is 7.11 Å². The van der Waals surface area contributed by atoms with Gasteiger partial charge in [-0.05, 0) is 24.5 Å². The maximum Gasteiger partial charge on any atom is 0.126 e. The summed E-state index contributed by atoms with van der Waals surface area (Å²) in [4.78, 5) is 0. The van der Waals surface area contributed by atoms with Crippen LogP contribution in [0.25, 0.3) is 0 Å². The highest BCUT2D eigenvalue weighted by molar-refractivity contribution is 5.48. The van der Waals surface area contributed by atoms with Crippen LogP contribution < -0.4 is 9.47 Å². The van der Waals surface area contributed by atoms with Crippen LogP contribution in [0.1, 0.15) is 37.8 Å². The van der Waals surface area contributed by atoms with E-state index in [9.17, 15) is 5.11 Å². The molecule has 0 bridgehead atoms. The summed E-state index contributed by atoms with van der Waals surface area (Å²) in [6.07, 6.45) is 0. The van der Waals surface area contributed by atoms with Gasteiger partial charge in [-0.15, -0.1) is 0 Å². The second-order valence-corrected chi connectivity index (χ2v) is 3.94. The molecule has 1 aromatic carbocycles. The Labute approximate surface area is 97.0 Å². The van der Waals surface area contributed by atoms with E-state index in [1.807, 2.05) is 19.1 Å². The van der Waals surface area contributed by atoms with Gasteiger partial charge < -0.3 is 14.6 Å². The summed E-state index contributed by atoms with van der Waals surface area (Å²) in [6.45, 7) is 6.70. The van der Waals surface area contributed by atoms with Crippen LogP contribution >= 0.6 is 0 Å². The van der Waals surface area contributed by atoms with Gasteiger partial charge in [-0.25, -0.2) is 0 Å². The van der Waals surface area contributed by atoms with E-state index in [0.717, 1.165) is 22.6 Å². The lowest BCUT2D eigenvalue weighted by Crippen LogP contribution is -2.02. The third kappa shape index (κ3) is 2.67. The summed E-state index contributed by atoms with van der Waals surface area (Å²) in [6, 6.07) is 3.75. The fourth-order valence-electron chi connectivity index (χ4n) is 1.86. The Morgan fingerprint density at radius 2 is 2.00 bits per heavy atom. The predicted octanol–water partition coefficient (Wildman–Crippen LogP) is 2.71. The van der Waals surface area contributed by atoms with Crippen LogP contribution in [-0.4, -0.2) is 18.8 Å². The van der Waals surface area contributed by atoms with Gasteiger partial charge in [0.15, 0.2) is 0 Å². The van der Waals surface area contributed by atoms with Crippen LogP contribution in [0.5, 0.6) is 11.5 Å². The van der Waals surface area contributed by atoms with E-state index < -0.39 is 0 Å². The van der Waals surface area contributed by atoms with Gasteiger partial charge in [0.2, 0.25) is 0 Å². The molecule has 1 aromatic rings. The van der Waals surface area contributed by atoms with Crippen molar-refractivity contribution in [3.8, 4) is 11.5 Å². The average Bonchev–Trinajstić information content (AvgIpc) is 2.27. The van der Waals surface area contributed by atoms with Crippen LogP contribution in [0.4, 0.5) is 0 Å². The molecule has 16 heavy (non-hydrogen) atoms. The molecule has 0 radical (unpaired) electrons. The van der Waals surface area contributed by atoms with Crippen molar-refractivity contribution in [1.29, 1.82) is 0 Å². The van der Waals surface area contributed by atoms with Crippen LogP contribution in [0.3, 0.4) is 0 Å². The molecule has 3 heteroatoms. The maximum absolute atomic E-state index is 9.37. The topological polar surface area (TPSA) is 38.7 Å². The van der Waals surface area contributed by atoms with Gasteiger partial charge in [0, 0.05) is 11.6 Å². The summed E-state index contributed by atoms with van der Waals surface area (Å²) < 4.78 is 10.8. The van der Waals surface area contributed by atoms with E-state index in [1.165, 1.54) is 0 Å². The molecular formula is C13H20O3. The van der Waals surface area contributed by atoms with E-state index in [0.29, 0.717) is 12.5 Å². The molecule has 90 valence electrons. The van der Waals surface area contributed by atoms with Crippen molar-refractivity contribution in [1.82, 2.24) is 0 Å². The zero-order valence-corrected chi connectivity index (χ0v) is 10.4. The van der Waals surface area contributed by atoms with Crippen molar-refractivity contribution in [3.05, 3.63) is 23.3 Å². The quantitative estimate of drug-likeness (QED) is 0.835. The molecule has 1 N–H and O–H groups in total. The first kappa shape index (κ1) is 12.8. The molecule has 0 aliphatic carbocycles. The van der Waals surface area contributed by atoms with Gasteiger partial charge in [0.25, 0.3) is 0 Å². The first-order chi connectivity index (χ1) is 7.63. The minimum absolute atomic E-state index is 0.00475. The average molecular weight is 224 g/mol. The summed E-state index contributed by atoms with van der Waals surface area (Å²) in [5.41, 5.74) is 1.92. The van der Waals surface area contributed by atoms with Crippen molar-refractivity contribution in [2.24, 2.45) is 0 Å². The second-order valence-electron chi connectivity index (χ2n) is 3.94. The fraction of sp³-hybridized carbons (Fsp3) is 0.538. The van der Waals surface area contributed by atoms with Crippen molar-refractivity contribution in [3.63, 3.8) is 0 Å². The third-order valence-corrected chi connectivity index (χ3v) is 2.48. The van der Waals surface area contributed by atoms with Crippen molar-refractivity contribution >= 4 is 0 Å². The normalized spacial score (nSPS) is 10.6. The second kappa shape index (κ2) is 5.75. The molecule has 0 saturated carbocycles. The molecule has 0 heterocycles. The minimum atomic E-state index is 0.00475. The number of aliphatic hydroxyl groups is 1. The minimum Gasteiger partial charge on any atom is -0.496 e. The summed E-state index contributed by atoms with van der Waals surface area (Å²) in [5, 5.41) is 9.37. The lowest BCUT2D eigenvalue weighted by Gasteiger charge is -2.17. The third-order valence-electron chi connectivity index (χ3n) is 2.48. The monoisotopic (exact) mass is 224 g/mol. The van der Waals surface area contributed by atoms with Gasteiger partial charge in [-0.2, -0.15) is 0 Å². The largest absolute Gasteiger partial charge is 0.496 e. The Bertz CT molecular complexity index is 320. The van der Waals surface area contributed by atoms with Gasteiger partial charge in [0.05, 0.1) is 20.3 Å². The Balaban J connectivity index is 3.25. The molecule has 0 amide bonds. The zero-order chi connectivity index (χ0) is 12.1. The summed E-state index contributed by atoms with van der Waals surface area (Å²) in [7, 11) is 1.64. The van der Waals surface area contributed by atoms with Gasteiger partial charge in [-0.1, -0.05) is 13.8 Å². The molecule has 3 nitrogen and oxygen atoms in total. The molecule has 0 atom stereocenters. The highest BCUT2D eigenvalue weighted by Crippen LogP contribution is 2.34. The molecule has 0 unspecified atom stereocenters. The van der Waals surface area contributed by atoms with Gasteiger partial charge in [0.1, 0.15) is 11.5 Å². The molecular weight excluding hydrogens is 204 g/mol. The molecule has 0 spiro atoms. The Morgan fingerprint density at radius 1 is 1.31 bits per heavy atom. The van der Waals surface area contributed by atoms with Crippen LogP contribution in [0, 0.1) is 0 Å². The molecule has 0 fully saturated rings. The number of hydrogen-bond acceptors (Lipinski definition) is 3. The molecule has 1 rings (SSSR count).